The third-order valence-electron chi connectivity index (χ3n) is 3.68. The molecule has 0 aliphatic carbocycles. The van der Waals surface area contributed by atoms with Crippen LogP contribution >= 0.6 is 11.8 Å². The number of hydrogen-bond acceptors (Lipinski definition) is 3. The molecular weight excluding hydrogens is 204 g/mol. The zero-order valence-electron chi connectivity index (χ0n) is 9.95. The molecule has 0 bridgehead atoms. The van der Waals surface area contributed by atoms with Crippen molar-refractivity contribution in [3.8, 4) is 0 Å². The predicted molar refractivity (Wildman–Crippen MR) is 68.7 cm³/mol. The molecule has 0 spiro atoms. The molecule has 3 heteroatoms. The van der Waals surface area contributed by atoms with Crippen molar-refractivity contribution in [1.82, 2.24) is 9.80 Å². The average Bonchev–Trinajstić information content (AvgIpc) is 2.29. The zero-order valence-corrected chi connectivity index (χ0v) is 10.8. The number of thioether (sulfide) groups is 1. The van der Waals surface area contributed by atoms with Crippen molar-refractivity contribution in [2.45, 2.75) is 32.2 Å². The van der Waals surface area contributed by atoms with Gasteiger partial charge in [0.05, 0.1) is 0 Å². The Morgan fingerprint density at radius 1 is 1.20 bits per heavy atom. The molecule has 2 rings (SSSR count). The Morgan fingerprint density at radius 3 is 3.00 bits per heavy atom. The topological polar surface area (TPSA) is 6.48 Å². The van der Waals surface area contributed by atoms with E-state index < -0.39 is 0 Å². The molecule has 2 fully saturated rings. The molecule has 0 saturated carbocycles. The van der Waals surface area contributed by atoms with E-state index in [2.05, 4.69) is 28.5 Å². The SMILES string of the molecule is CCSCCN1CCN2CCCCC2C1. The second kappa shape index (κ2) is 6.12. The van der Waals surface area contributed by atoms with Crippen molar-refractivity contribution >= 4 is 11.8 Å². The molecular formula is C12H24N2S. The van der Waals surface area contributed by atoms with Crippen LogP contribution in [0.1, 0.15) is 26.2 Å². The molecule has 2 aliphatic rings. The lowest BCUT2D eigenvalue weighted by atomic mass is 10.00. The number of piperidine rings is 1. The average molecular weight is 228 g/mol. The highest BCUT2D eigenvalue weighted by atomic mass is 32.2. The maximum atomic E-state index is 2.72. The molecule has 1 unspecified atom stereocenters. The number of piperazine rings is 1. The maximum Gasteiger partial charge on any atom is 0.0223 e. The molecule has 88 valence electrons. The van der Waals surface area contributed by atoms with E-state index in [9.17, 15) is 0 Å². The summed E-state index contributed by atoms with van der Waals surface area (Å²) in [6, 6.07) is 0.888. The Kier molecular flexibility index (Phi) is 4.79. The first kappa shape index (κ1) is 11.7. The molecule has 0 aromatic rings. The number of rotatable bonds is 4. The number of nitrogens with zero attached hydrogens (tertiary/aromatic N) is 2. The van der Waals surface area contributed by atoms with Gasteiger partial charge in [-0.05, 0) is 25.1 Å². The quantitative estimate of drug-likeness (QED) is 0.679. The molecule has 0 radical (unpaired) electrons. The first-order valence-electron chi connectivity index (χ1n) is 6.44. The fourth-order valence-electron chi connectivity index (χ4n) is 2.76. The van der Waals surface area contributed by atoms with E-state index in [1.54, 1.807) is 0 Å². The van der Waals surface area contributed by atoms with Gasteiger partial charge in [-0.1, -0.05) is 13.3 Å². The summed E-state index contributed by atoms with van der Waals surface area (Å²) in [6.07, 6.45) is 4.33. The van der Waals surface area contributed by atoms with Gasteiger partial charge in [-0.3, -0.25) is 9.80 Å². The lowest BCUT2D eigenvalue weighted by molar-refractivity contribution is 0.0527. The molecule has 2 nitrogen and oxygen atoms in total. The van der Waals surface area contributed by atoms with Gasteiger partial charge in [-0.15, -0.1) is 0 Å². The van der Waals surface area contributed by atoms with E-state index >= 15 is 0 Å². The maximum absolute atomic E-state index is 2.72. The molecule has 1 atom stereocenters. The largest absolute Gasteiger partial charge is 0.300 e. The zero-order chi connectivity index (χ0) is 10.5. The Labute approximate surface area is 98.4 Å². The normalized spacial score (nSPS) is 29.0. The van der Waals surface area contributed by atoms with Crippen molar-refractivity contribution in [1.29, 1.82) is 0 Å². The molecule has 0 aromatic carbocycles. The van der Waals surface area contributed by atoms with Gasteiger partial charge >= 0.3 is 0 Å². The smallest absolute Gasteiger partial charge is 0.0223 e. The Morgan fingerprint density at radius 2 is 2.13 bits per heavy atom. The minimum atomic E-state index is 0.888. The molecule has 0 N–H and O–H groups in total. The van der Waals surface area contributed by atoms with Crippen LogP contribution in [-0.2, 0) is 0 Å². The van der Waals surface area contributed by atoms with Crippen molar-refractivity contribution < 1.29 is 0 Å². The Hall–Kier alpha value is 0.270. The van der Waals surface area contributed by atoms with Crippen molar-refractivity contribution in [2.75, 3.05) is 44.2 Å². The van der Waals surface area contributed by atoms with Crippen LogP contribution < -0.4 is 0 Å². The van der Waals surface area contributed by atoms with Gasteiger partial charge < -0.3 is 0 Å². The second-order valence-electron chi connectivity index (χ2n) is 4.68. The van der Waals surface area contributed by atoms with Crippen LogP contribution in [0.5, 0.6) is 0 Å². The van der Waals surface area contributed by atoms with E-state index in [4.69, 9.17) is 0 Å². The first-order chi connectivity index (χ1) is 7.40. The number of fused-ring (bicyclic) bond motifs is 1. The number of hydrogen-bond donors (Lipinski definition) is 0. The van der Waals surface area contributed by atoms with Gasteiger partial charge in [0.2, 0.25) is 0 Å². The molecule has 2 aliphatic heterocycles. The van der Waals surface area contributed by atoms with Gasteiger partial charge in [0.15, 0.2) is 0 Å². The van der Waals surface area contributed by atoms with E-state index in [0.29, 0.717) is 0 Å². The van der Waals surface area contributed by atoms with E-state index in [1.165, 1.54) is 63.5 Å². The van der Waals surface area contributed by atoms with Gasteiger partial charge in [0.1, 0.15) is 0 Å². The van der Waals surface area contributed by atoms with Gasteiger partial charge in [0, 0.05) is 38.0 Å². The Bertz CT molecular complexity index is 184. The summed E-state index contributed by atoms with van der Waals surface area (Å²) < 4.78 is 0. The highest BCUT2D eigenvalue weighted by molar-refractivity contribution is 7.99. The van der Waals surface area contributed by atoms with Crippen LogP contribution in [0, 0.1) is 0 Å². The fraction of sp³-hybridized carbons (Fsp3) is 1.00. The summed E-state index contributed by atoms with van der Waals surface area (Å²) in [5, 5.41) is 0. The van der Waals surface area contributed by atoms with Crippen molar-refractivity contribution in [2.24, 2.45) is 0 Å². The van der Waals surface area contributed by atoms with Crippen molar-refractivity contribution in [3.05, 3.63) is 0 Å². The predicted octanol–water partition coefficient (Wildman–Crippen LogP) is 1.91. The summed E-state index contributed by atoms with van der Waals surface area (Å²) in [7, 11) is 0. The van der Waals surface area contributed by atoms with Crippen LogP contribution in [-0.4, -0.2) is 60.1 Å². The molecule has 2 saturated heterocycles. The summed E-state index contributed by atoms with van der Waals surface area (Å²) in [5.74, 6) is 2.59. The lowest BCUT2D eigenvalue weighted by Crippen LogP contribution is -2.55. The molecule has 0 amide bonds. The third-order valence-corrected chi connectivity index (χ3v) is 4.56. The summed E-state index contributed by atoms with van der Waals surface area (Å²) in [6.45, 7) is 8.89. The van der Waals surface area contributed by atoms with Crippen LogP contribution in [0.15, 0.2) is 0 Å². The van der Waals surface area contributed by atoms with Crippen molar-refractivity contribution in [3.63, 3.8) is 0 Å². The van der Waals surface area contributed by atoms with E-state index in [1.807, 2.05) is 0 Å². The highest BCUT2D eigenvalue weighted by Crippen LogP contribution is 2.21. The molecule has 15 heavy (non-hydrogen) atoms. The molecule has 0 aromatic heterocycles. The highest BCUT2D eigenvalue weighted by Gasteiger charge is 2.28. The lowest BCUT2D eigenvalue weighted by Gasteiger charge is -2.44. The Balaban J connectivity index is 1.71. The monoisotopic (exact) mass is 228 g/mol. The van der Waals surface area contributed by atoms with Crippen LogP contribution in [0.25, 0.3) is 0 Å². The summed E-state index contributed by atoms with van der Waals surface area (Å²) >= 11 is 2.08. The van der Waals surface area contributed by atoms with Crippen LogP contribution in [0.4, 0.5) is 0 Å². The van der Waals surface area contributed by atoms with E-state index in [-0.39, 0.29) is 0 Å². The first-order valence-corrected chi connectivity index (χ1v) is 7.59. The summed E-state index contributed by atoms with van der Waals surface area (Å²) in [4.78, 5) is 5.39. The fourth-order valence-corrected chi connectivity index (χ4v) is 3.44. The molecule has 2 heterocycles. The van der Waals surface area contributed by atoms with Gasteiger partial charge in [0.25, 0.3) is 0 Å². The van der Waals surface area contributed by atoms with E-state index in [0.717, 1.165) is 6.04 Å². The minimum absolute atomic E-state index is 0.888. The minimum Gasteiger partial charge on any atom is -0.300 e. The van der Waals surface area contributed by atoms with Crippen LogP contribution in [0.2, 0.25) is 0 Å². The van der Waals surface area contributed by atoms with Crippen LogP contribution in [0.3, 0.4) is 0 Å². The van der Waals surface area contributed by atoms with Gasteiger partial charge in [-0.2, -0.15) is 11.8 Å². The summed E-state index contributed by atoms with van der Waals surface area (Å²) in [5.41, 5.74) is 0. The standard InChI is InChI=1S/C12H24N2S/c1-2-15-10-9-13-7-8-14-6-4-3-5-12(14)11-13/h12H,2-11H2,1H3. The second-order valence-corrected chi connectivity index (χ2v) is 6.08. The third kappa shape index (κ3) is 3.36. The van der Waals surface area contributed by atoms with Gasteiger partial charge in [-0.25, -0.2) is 0 Å².